The van der Waals surface area contributed by atoms with E-state index in [0.717, 1.165) is 18.4 Å². The Morgan fingerprint density at radius 3 is 2.22 bits per heavy atom. The molecule has 0 aliphatic rings. The summed E-state index contributed by atoms with van der Waals surface area (Å²) in [6.45, 7) is 2.18. The summed E-state index contributed by atoms with van der Waals surface area (Å²) in [5.41, 5.74) is 7.10. The molecular weight excluding hydrogens is 246 g/mol. The van der Waals surface area contributed by atoms with E-state index in [0.29, 0.717) is 4.90 Å². The van der Waals surface area contributed by atoms with Gasteiger partial charge in [-0.05, 0) is 24.1 Å². The van der Waals surface area contributed by atoms with Crippen molar-refractivity contribution in [3.05, 3.63) is 29.8 Å². The zero-order valence-electron chi connectivity index (χ0n) is 11.2. The second-order valence-corrected chi connectivity index (χ2v) is 6.81. The van der Waals surface area contributed by atoms with Crippen LogP contribution in [0.1, 0.15) is 50.6 Å². The van der Waals surface area contributed by atoms with Crippen LogP contribution < -0.4 is 5.73 Å². The fraction of sp³-hybridized carbons (Fsp3) is 0.571. The molecule has 0 aromatic heterocycles. The molecule has 1 rings (SSSR count). The van der Waals surface area contributed by atoms with Gasteiger partial charge in [0.25, 0.3) is 0 Å². The Morgan fingerprint density at radius 1 is 1.11 bits per heavy atom. The maximum absolute atomic E-state index is 11.3. The minimum absolute atomic E-state index is 0.00969. The molecule has 102 valence electrons. The van der Waals surface area contributed by atoms with E-state index in [2.05, 4.69) is 6.92 Å². The summed E-state index contributed by atoms with van der Waals surface area (Å²) in [4.78, 5) is 0.351. The maximum atomic E-state index is 11.3. The van der Waals surface area contributed by atoms with Gasteiger partial charge in [0.15, 0.2) is 9.84 Å². The van der Waals surface area contributed by atoms with E-state index in [1.54, 1.807) is 12.1 Å². The van der Waals surface area contributed by atoms with Crippen molar-refractivity contribution < 1.29 is 8.42 Å². The molecule has 1 aromatic rings. The van der Waals surface area contributed by atoms with Crippen LogP contribution in [0.4, 0.5) is 0 Å². The minimum atomic E-state index is -3.11. The highest BCUT2D eigenvalue weighted by Crippen LogP contribution is 2.19. The zero-order chi connectivity index (χ0) is 13.6. The molecule has 1 aromatic carbocycles. The molecule has 0 amide bonds. The number of hydrogen-bond donors (Lipinski definition) is 1. The fourth-order valence-corrected chi connectivity index (χ4v) is 2.55. The SMILES string of the molecule is CCCCCCC(N)c1ccc(S(C)(=O)=O)cc1. The standard InChI is InChI=1S/C14H23NO2S/c1-3-4-5-6-7-14(15)12-8-10-13(11-9-12)18(2,16)17/h8-11,14H,3-7,15H2,1-2H3. The van der Waals surface area contributed by atoms with E-state index in [1.807, 2.05) is 12.1 Å². The zero-order valence-corrected chi connectivity index (χ0v) is 12.0. The molecule has 0 saturated carbocycles. The van der Waals surface area contributed by atoms with Crippen molar-refractivity contribution in [2.24, 2.45) is 5.73 Å². The first-order chi connectivity index (χ1) is 8.45. The largest absolute Gasteiger partial charge is 0.324 e. The lowest BCUT2D eigenvalue weighted by molar-refractivity contribution is 0.565. The van der Waals surface area contributed by atoms with E-state index < -0.39 is 9.84 Å². The third-order valence-corrected chi connectivity index (χ3v) is 4.23. The first kappa shape index (κ1) is 15.2. The van der Waals surface area contributed by atoms with E-state index in [1.165, 1.54) is 25.5 Å². The summed E-state index contributed by atoms with van der Waals surface area (Å²) in [6, 6.07) is 6.92. The van der Waals surface area contributed by atoms with Crippen LogP contribution in [0.5, 0.6) is 0 Å². The van der Waals surface area contributed by atoms with Crippen molar-refractivity contribution in [3.63, 3.8) is 0 Å². The van der Waals surface area contributed by atoms with Crippen LogP contribution in [-0.2, 0) is 9.84 Å². The van der Waals surface area contributed by atoms with E-state index in [4.69, 9.17) is 5.73 Å². The van der Waals surface area contributed by atoms with Gasteiger partial charge < -0.3 is 5.73 Å². The molecule has 0 heterocycles. The Hall–Kier alpha value is -0.870. The number of nitrogens with two attached hydrogens (primary N) is 1. The predicted molar refractivity (Wildman–Crippen MR) is 75.2 cm³/mol. The molecular formula is C14H23NO2S. The highest BCUT2D eigenvalue weighted by Gasteiger charge is 2.09. The predicted octanol–water partition coefficient (Wildman–Crippen LogP) is 3.06. The molecule has 2 N–H and O–H groups in total. The molecule has 0 bridgehead atoms. The van der Waals surface area contributed by atoms with Crippen molar-refractivity contribution in [1.82, 2.24) is 0 Å². The summed E-state index contributed by atoms with van der Waals surface area (Å²) < 4.78 is 22.7. The van der Waals surface area contributed by atoms with Crippen LogP contribution in [-0.4, -0.2) is 14.7 Å². The van der Waals surface area contributed by atoms with Gasteiger partial charge in [0.2, 0.25) is 0 Å². The lowest BCUT2D eigenvalue weighted by Gasteiger charge is -2.12. The molecule has 3 nitrogen and oxygen atoms in total. The van der Waals surface area contributed by atoms with E-state index >= 15 is 0 Å². The van der Waals surface area contributed by atoms with Crippen LogP contribution in [0.25, 0.3) is 0 Å². The van der Waals surface area contributed by atoms with E-state index in [-0.39, 0.29) is 6.04 Å². The number of rotatable bonds is 7. The highest BCUT2D eigenvalue weighted by molar-refractivity contribution is 7.90. The van der Waals surface area contributed by atoms with Crippen LogP contribution >= 0.6 is 0 Å². The van der Waals surface area contributed by atoms with Gasteiger partial charge in [-0.1, -0.05) is 44.7 Å². The third-order valence-electron chi connectivity index (χ3n) is 3.11. The number of sulfone groups is 1. The lowest BCUT2D eigenvalue weighted by atomic mass is 10.0. The Bertz CT molecular complexity index is 451. The van der Waals surface area contributed by atoms with Gasteiger partial charge in [0.05, 0.1) is 4.90 Å². The molecule has 4 heteroatoms. The molecule has 0 fully saturated rings. The second kappa shape index (κ2) is 6.90. The van der Waals surface area contributed by atoms with Gasteiger partial charge in [0, 0.05) is 12.3 Å². The Balaban J connectivity index is 2.57. The Labute approximate surface area is 110 Å². The van der Waals surface area contributed by atoms with Gasteiger partial charge in [-0.15, -0.1) is 0 Å². The summed E-state index contributed by atoms with van der Waals surface area (Å²) in [7, 11) is -3.11. The van der Waals surface area contributed by atoms with Crippen molar-refractivity contribution in [1.29, 1.82) is 0 Å². The topological polar surface area (TPSA) is 60.2 Å². The molecule has 0 saturated heterocycles. The van der Waals surface area contributed by atoms with Gasteiger partial charge in [-0.2, -0.15) is 0 Å². The van der Waals surface area contributed by atoms with Crippen molar-refractivity contribution >= 4 is 9.84 Å². The smallest absolute Gasteiger partial charge is 0.175 e. The summed E-state index contributed by atoms with van der Waals surface area (Å²) >= 11 is 0. The summed E-state index contributed by atoms with van der Waals surface area (Å²) in [5.74, 6) is 0. The monoisotopic (exact) mass is 269 g/mol. The molecule has 1 atom stereocenters. The second-order valence-electron chi connectivity index (χ2n) is 4.80. The number of hydrogen-bond acceptors (Lipinski definition) is 3. The number of unbranched alkanes of at least 4 members (excludes halogenated alkanes) is 3. The van der Waals surface area contributed by atoms with Crippen LogP contribution in [0.2, 0.25) is 0 Å². The van der Waals surface area contributed by atoms with Crippen LogP contribution in [0, 0.1) is 0 Å². The lowest BCUT2D eigenvalue weighted by Crippen LogP contribution is -2.10. The van der Waals surface area contributed by atoms with Crippen molar-refractivity contribution in [2.75, 3.05) is 6.26 Å². The van der Waals surface area contributed by atoms with Crippen molar-refractivity contribution in [2.45, 2.75) is 50.0 Å². The van der Waals surface area contributed by atoms with Gasteiger partial charge in [-0.25, -0.2) is 8.42 Å². The normalized spacial score (nSPS) is 13.5. The average Bonchev–Trinajstić information content (AvgIpc) is 2.33. The molecule has 0 spiro atoms. The Morgan fingerprint density at radius 2 is 1.72 bits per heavy atom. The van der Waals surface area contributed by atoms with Gasteiger partial charge in [0.1, 0.15) is 0 Å². The fourth-order valence-electron chi connectivity index (χ4n) is 1.92. The maximum Gasteiger partial charge on any atom is 0.175 e. The van der Waals surface area contributed by atoms with E-state index in [9.17, 15) is 8.42 Å². The summed E-state index contributed by atoms with van der Waals surface area (Å²) in [6.07, 6.45) is 6.98. The number of benzene rings is 1. The molecule has 0 aliphatic heterocycles. The Kier molecular flexibility index (Phi) is 5.82. The van der Waals surface area contributed by atoms with Gasteiger partial charge in [-0.3, -0.25) is 0 Å². The molecule has 1 unspecified atom stereocenters. The van der Waals surface area contributed by atoms with Crippen LogP contribution in [0.15, 0.2) is 29.2 Å². The average molecular weight is 269 g/mol. The molecule has 0 aliphatic carbocycles. The molecule has 0 radical (unpaired) electrons. The first-order valence-electron chi connectivity index (χ1n) is 6.50. The van der Waals surface area contributed by atoms with Crippen molar-refractivity contribution in [3.8, 4) is 0 Å². The minimum Gasteiger partial charge on any atom is -0.324 e. The quantitative estimate of drug-likeness (QED) is 0.774. The third kappa shape index (κ3) is 4.78. The summed E-state index contributed by atoms with van der Waals surface area (Å²) in [5, 5.41) is 0. The van der Waals surface area contributed by atoms with Gasteiger partial charge >= 0.3 is 0 Å². The van der Waals surface area contributed by atoms with Crippen LogP contribution in [0.3, 0.4) is 0 Å². The highest BCUT2D eigenvalue weighted by atomic mass is 32.2. The first-order valence-corrected chi connectivity index (χ1v) is 8.40. The molecule has 18 heavy (non-hydrogen) atoms.